The van der Waals surface area contributed by atoms with Crippen LogP contribution in [0.2, 0.25) is 0 Å². The van der Waals surface area contributed by atoms with Gasteiger partial charge in [0.15, 0.2) is 5.58 Å². The molecule has 3 heterocycles. The first-order chi connectivity index (χ1) is 25.3. The van der Waals surface area contributed by atoms with E-state index in [9.17, 15) is 0 Å². The molecule has 0 spiro atoms. The van der Waals surface area contributed by atoms with Gasteiger partial charge in [-0.05, 0) is 58.7 Å². The van der Waals surface area contributed by atoms with Crippen LogP contribution in [-0.4, -0.2) is 4.57 Å². The number of hydrogen-bond acceptors (Lipinski definition) is 2. The minimum absolute atomic E-state index is 0.851. The molecular weight excluding hydrogens is 623 g/mol. The molecule has 0 radical (unpaired) electrons. The average molecular weight is 652 g/mol. The summed E-state index contributed by atoms with van der Waals surface area (Å²) >= 11 is 0. The normalized spacial score (nSPS) is 11.9. The molecule has 0 aliphatic heterocycles. The van der Waals surface area contributed by atoms with Gasteiger partial charge in [-0.15, -0.1) is 0 Å². The number of fused-ring (bicyclic) bond motifs is 9. The van der Waals surface area contributed by atoms with Gasteiger partial charge in [-0.3, -0.25) is 0 Å². The molecule has 0 saturated carbocycles. The highest BCUT2D eigenvalue weighted by Gasteiger charge is 2.23. The standard InChI is InChI=1S/C48H29NO2/c1-3-13-30(14-4-1)32-25-28-42-40(29-32)34-17-7-9-22-41(34)49(42)43-23-12-21-39-45-36(27-26-33(48(45)51-47(39)43)31-15-5-2-6-16-31)38-20-11-19-37-35-18-8-10-24-44(35)50-46(37)38/h1-29H. The van der Waals surface area contributed by atoms with Crippen LogP contribution in [0, 0.1) is 0 Å². The Kier molecular flexibility index (Phi) is 5.96. The van der Waals surface area contributed by atoms with E-state index in [2.05, 4.69) is 168 Å². The van der Waals surface area contributed by atoms with Gasteiger partial charge in [0, 0.05) is 43.4 Å². The summed E-state index contributed by atoms with van der Waals surface area (Å²) in [5, 5.41) is 6.79. The molecule has 0 amide bonds. The van der Waals surface area contributed by atoms with Crippen LogP contribution in [0.4, 0.5) is 0 Å². The maximum absolute atomic E-state index is 7.17. The van der Waals surface area contributed by atoms with Crippen molar-refractivity contribution in [3.63, 3.8) is 0 Å². The van der Waals surface area contributed by atoms with E-state index in [4.69, 9.17) is 8.83 Å². The van der Waals surface area contributed by atoms with Crippen LogP contribution in [0.25, 0.3) is 105 Å². The Bertz CT molecular complexity index is 3130. The third kappa shape index (κ3) is 4.12. The van der Waals surface area contributed by atoms with Crippen molar-refractivity contribution >= 4 is 65.7 Å². The van der Waals surface area contributed by atoms with Gasteiger partial charge in [-0.25, -0.2) is 0 Å². The van der Waals surface area contributed by atoms with E-state index in [-0.39, 0.29) is 0 Å². The quantitative estimate of drug-likeness (QED) is 0.190. The highest BCUT2D eigenvalue weighted by atomic mass is 16.3. The number of nitrogens with zero attached hydrogens (tertiary/aromatic N) is 1. The molecule has 0 fully saturated rings. The van der Waals surface area contributed by atoms with Gasteiger partial charge < -0.3 is 13.4 Å². The van der Waals surface area contributed by atoms with Gasteiger partial charge in [-0.2, -0.15) is 0 Å². The Morgan fingerprint density at radius 2 is 1.00 bits per heavy atom. The molecule has 0 saturated heterocycles. The molecule has 0 aliphatic rings. The minimum Gasteiger partial charge on any atom is -0.455 e. The highest BCUT2D eigenvalue weighted by molar-refractivity contribution is 6.21. The number of benzene rings is 8. The Hall–Kier alpha value is -6.84. The fourth-order valence-corrected chi connectivity index (χ4v) is 8.13. The van der Waals surface area contributed by atoms with E-state index < -0.39 is 0 Å². The maximum Gasteiger partial charge on any atom is 0.159 e. The van der Waals surface area contributed by atoms with E-state index in [1.54, 1.807) is 0 Å². The van der Waals surface area contributed by atoms with Crippen LogP contribution in [0.1, 0.15) is 0 Å². The second kappa shape index (κ2) is 10.8. The van der Waals surface area contributed by atoms with Crippen molar-refractivity contribution in [1.29, 1.82) is 0 Å². The van der Waals surface area contributed by atoms with E-state index in [1.807, 2.05) is 12.1 Å². The fraction of sp³-hybridized carbons (Fsp3) is 0. The molecule has 0 bridgehead atoms. The first-order valence-electron chi connectivity index (χ1n) is 17.4. The molecule has 11 rings (SSSR count). The van der Waals surface area contributed by atoms with Crippen molar-refractivity contribution in [3.05, 3.63) is 176 Å². The van der Waals surface area contributed by atoms with Crippen LogP contribution >= 0.6 is 0 Å². The minimum atomic E-state index is 0.851. The zero-order chi connectivity index (χ0) is 33.5. The van der Waals surface area contributed by atoms with Gasteiger partial charge in [0.05, 0.1) is 16.7 Å². The van der Waals surface area contributed by atoms with Crippen molar-refractivity contribution in [2.24, 2.45) is 0 Å². The fourth-order valence-electron chi connectivity index (χ4n) is 8.13. The van der Waals surface area contributed by atoms with Crippen LogP contribution < -0.4 is 0 Å². The molecule has 0 aliphatic carbocycles. The summed E-state index contributed by atoms with van der Waals surface area (Å²) in [5.74, 6) is 0. The number of furan rings is 2. The maximum atomic E-state index is 7.17. The zero-order valence-corrected chi connectivity index (χ0v) is 27.5. The van der Waals surface area contributed by atoms with Crippen LogP contribution in [0.15, 0.2) is 185 Å². The van der Waals surface area contributed by atoms with Crippen LogP contribution in [0.3, 0.4) is 0 Å². The summed E-state index contributed by atoms with van der Waals surface area (Å²) in [5.41, 5.74) is 13.5. The largest absolute Gasteiger partial charge is 0.455 e. The van der Waals surface area contributed by atoms with Gasteiger partial charge in [0.1, 0.15) is 16.7 Å². The van der Waals surface area contributed by atoms with Crippen molar-refractivity contribution in [1.82, 2.24) is 4.57 Å². The lowest BCUT2D eigenvalue weighted by atomic mass is 9.93. The molecular formula is C48H29NO2. The zero-order valence-electron chi connectivity index (χ0n) is 27.5. The first kappa shape index (κ1) is 28.0. The summed E-state index contributed by atoms with van der Waals surface area (Å²) in [7, 11) is 0. The molecule has 3 aromatic heterocycles. The Balaban J connectivity index is 1.23. The van der Waals surface area contributed by atoms with Crippen molar-refractivity contribution in [2.75, 3.05) is 0 Å². The smallest absolute Gasteiger partial charge is 0.159 e. The molecule has 3 nitrogen and oxygen atoms in total. The van der Waals surface area contributed by atoms with Gasteiger partial charge in [0.25, 0.3) is 0 Å². The third-order valence-corrected chi connectivity index (χ3v) is 10.4. The Labute approximate surface area is 293 Å². The van der Waals surface area contributed by atoms with E-state index in [0.29, 0.717) is 0 Å². The highest BCUT2D eigenvalue weighted by Crippen LogP contribution is 2.46. The van der Waals surface area contributed by atoms with Crippen molar-refractivity contribution < 1.29 is 8.83 Å². The van der Waals surface area contributed by atoms with Gasteiger partial charge in [0.2, 0.25) is 0 Å². The SMILES string of the molecule is c1ccc(-c2ccc3c(c2)c2ccccc2n3-c2cccc3c2oc2c(-c4ccccc4)ccc(-c4cccc5c4oc4ccccc45)c23)cc1. The Morgan fingerprint density at radius 3 is 1.86 bits per heavy atom. The van der Waals surface area contributed by atoms with E-state index in [0.717, 1.165) is 82.9 Å². The van der Waals surface area contributed by atoms with Gasteiger partial charge in [-0.1, -0.05) is 140 Å². The molecule has 0 N–H and O–H groups in total. The lowest BCUT2D eigenvalue weighted by molar-refractivity contribution is 0.667. The second-order valence-electron chi connectivity index (χ2n) is 13.2. The van der Waals surface area contributed by atoms with Gasteiger partial charge >= 0.3 is 0 Å². The van der Waals surface area contributed by atoms with E-state index in [1.165, 1.54) is 21.9 Å². The Morgan fingerprint density at radius 1 is 0.333 bits per heavy atom. The summed E-state index contributed by atoms with van der Waals surface area (Å²) < 4.78 is 16.1. The molecule has 11 aromatic rings. The lowest BCUT2D eigenvalue weighted by Crippen LogP contribution is -1.94. The summed E-state index contributed by atoms with van der Waals surface area (Å²) in [6.45, 7) is 0. The summed E-state index contributed by atoms with van der Waals surface area (Å²) in [6.07, 6.45) is 0. The van der Waals surface area contributed by atoms with E-state index >= 15 is 0 Å². The third-order valence-electron chi connectivity index (χ3n) is 10.4. The second-order valence-corrected chi connectivity index (χ2v) is 13.2. The monoisotopic (exact) mass is 651 g/mol. The average Bonchev–Trinajstić information content (AvgIpc) is 3.88. The molecule has 0 atom stereocenters. The molecule has 51 heavy (non-hydrogen) atoms. The molecule has 3 heteroatoms. The number of aromatic nitrogens is 1. The van der Waals surface area contributed by atoms with Crippen LogP contribution in [0.5, 0.6) is 0 Å². The predicted octanol–water partition coefficient (Wildman–Crippen LogP) is 13.6. The topological polar surface area (TPSA) is 31.2 Å². The molecule has 238 valence electrons. The number of para-hydroxylation sites is 4. The summed E-state index contributed by atoms with van der Waals surface area (Å²) in [4.78, 5) is 0. The predicted molar refractivity (Wildman–Crippen MR) is 212 cm³/mol. The lowest BCUT2D eigenvalue weighted by Gasteiger charge is -2.09. The molecule has 8 aromatic carbocycles. The van der Waals surface area contributed by atoms with Crippen LogP contribution in [-0.2, 0) is 0 Å². The summed E-state index contributed by atoms with van der Waals surface area (Å²) in [6, 6.07) is 62.3. The first-order valence-corrected chi connectivity index (χ1v) is 17.4. The molecule has 0 unspecified atom stereocenters. The number of hydrogen-bond donors (Lipinski definition) is 0. The van der Waals surface area contributed by atoms with Crippen molar-refractivity contribution in [3.8, 4) is 39.1 Å². The number of rotatable bonds is 4. The van der Waals surface area contributed by atoms with Crippen molar-refractivity contribution in [2.45, 2.75) is 0 Å².